The van der Waals surface area contributed by atoms with E-state index in [9.17, 15) is 14.7 Å². The van der Waals surface area contributed by atoms with Gasteiger partial charge in [0, 0.05) is 12.1 Å². The molecule has 102 valence electrons. The van der Waals surface area contributed by atoms with E-state index in [-0.39, 0.29) is 12.3 Å². The number of carboxylic acid groups (broad SMARTS) is 1. The van der Waals surface area contributed by atoms with Crippen LogP contribution in [0, 0.1) is 5.92 Å². The molecule has 1 aliphatic rings. The van der Waals surface area contributed by atoms with Gasteiger partial charge in [0.15, 0.2) is 0 Å². The number of hydrogen-bond donors (Lipinski definition) is 1. The number of carbonyl (C=O) groups is 2. The lowest BCUT2D eigenvalue weighted by Crippen LogP contribution is -2.46. The van der Waals surface area contributed by atoms with Gasteiger partial charge in [-0.05, 0) is 38.1 Å². The molecule has 5 heteroatoms. The molecule has 1 amide bonds. The Morgan fingerprint density at radius 3 is 2.37 bits per heavy atom. The van der Waals surface area contributed by atoms with Crippen LogP contribution in [0.1, 0.15) is 20.3 Å². The van der Waals surface area contributed by atoms with E-state index in [1.54, 1.807) is 50.1 Å². The van der Waals surface area contributed by atoms with E-state index in [1.165, 1.54) is 0 Å². The van der Waals surface area contributed by atoms with E-state index in [2.05, 4.69) is 0 Å². The molecule has 0 bridgehead atoms. The SMILES string of the molecule is COc1ccc(N2C(=O)CC(C(=O)O)C2(C)C)cc1. The number of benzene rings is 1. The highest BCUT2D eigenvalue weighted by Crippen LogP contribution is 2.39. The number of rotatable bonds is 3. The maximum absolute atomic E-state index is 12.1. The molecule has 1 aromatic rings. The van der Waals surface area contributed by atoms with E-state index in [4.69, 9.17) is 4.74 Å². The van der Waals surface area contributed by atoms with Gasteiger partial charge >= 0.3 is 5.97 Å². The molecule has 19 heavy (non-hydrogen) atoms. The van der Waals surface area contributed by atoms with Gasteiger partial charge in [0.05, 0.1) is 18.6 Å². The quantitative estimate of drug-likeness (QED) is 0.904. The lowest BCUT2D eigenvalue weighted by Gasteiger charge is -2.34. The average molecular weight is 263 g/mol. The number of methoxy groups -OCH3 is 1. The van der Waals surface area contributed by atoms with Crippen molar-refractivity contribution in [3.05, 3.63) is 24.3 Å². The Morgan fingerprint density at radius 2 is 1.95 bits per heavy atom. The van der Waals surface area contributed by atoms with Crippen LogP contribution in [0.25, 0.3) is 0 Å². The number of carbonyl (C=O) groups excluding carboxylic acids is 1. The monoisotopic (exact) mass is 263 g/mol. The third kappa shape index (κ3) is 2.16. The summed E-state index contributed by atoms with van der Waals surface area (Å²) >= 11 is 0. The Morgan fingerprint density at radius 1 is 1.37 bits per heavy atom. The second kappa shape index (κ2) is 4.57. The molecule has 0 radical (unpaired) electrons. The highest BCUT2D eigenvalue weighted by atomic mass is 16.5. The number of hydrogen-bond acceptors (Lipinski definition) is 3. The van der Waals surface area contributed by atoms with Crippen LogP contribution in [0.2, 0.25) is 0 Å². The van der Waals surface area contributed by atoms with Crippen molar-refractivity contribution < 1.29 is 19.4 Å². The van der Waals surface area contributed by atoms with Crippen LogP contribution < -0.4 is 9.64 Å². The summed E-state index contributed by atoms with van der Waals surface area (Å²) in [7, 11) is 1.57. The van der Waals surface area contributed by atoms with Gasteiger partial charge in [-0.25, -0.2) is 0 Å². The smallest absolute Gasteiger partial charge is 0.309 e. The fourth-order valence-corrected chi connectivity index (χ4v) is 2.59. The molecule has 1 heterocycles. The molecule has 0 saturated carbocycles. The molecule has 1 fully saturated rings. The first-order chi connectivity index (χ1) is 8.87. The fraction of sp³-hybridized carbons (Fsp3) is 0.429. The van der Waals surface area contributed by atoms with Crippen LogP contribution in [0.4, 0.5) is 5.69 Å². The van der Waals surface area contributed by atoms with E-state index in [0.29, 0.717) is 11.4 Å². The predicted octanol–water partition coefficient (Wildman–Crippen LogP) is 1.91. The van der Waals surface area contributed by atoms with E-state index < -0.39 is 17.4 Å². The van der Waals surface area contributed by atoms with Gasteiger partial charge in [-0.1, -0.05) is 0 Å². The van der Waals surface area contributed by atoms with Crippen molar-refractivity contribution in [3.63, 3.8) is 0 Å². The molecule has 5 nitrogen and oxygen atoms in total. The lowest BCUT2D eigenvalue weighted by molar-refractivity contribution is -0.143. The molecule has 1 aliphatic heterocycles. The maximum Gasteiger partial charge on any atom is 0.309 e. The lowest BCUT2D eigenvalue weighted by atomic mass is 9.88. The minimum atomic E-state index is -0.936. The van der Waals surface area contributed by atoms with E-state index in [0.717, 1.165) is 0 Å². The molecular weight excluding hydrogens is 246 g/mol. The number of carboxylic acids is 1. The van der Waals surface area contributed by atoms with Crippen LogP contribution in [0.3, 0.4) is 0 Å². The van der Waals surface area contributed by atoms with Crippen molar-refractivity contribution in [2.24, 2.45) is 5.92 Å². The highest BCUT2D eigenvalue weighted by Gasteiger charge is 2.50. The average Bonchev–Trinajstić information content (AvgIpc) is 2.60. The number of nitrogens with zero attached hydrogens (tertiary/aromatic N) is 1. The normalized spacial score (nSPS) is 21.5. The fourth-order valence-electron chi connectivity index (χ4n) is 2.59. The Kier molecular flexibility index (Phi) is 3.22. The van der Waals surface area contributed by atoms with Gasteiger partial charge < -0.3 is 14.7 Å². The summed E-state index contributed by atoms with van der Waals surface area (Å²) in [6, 6.07) is 7.05. The Labute approximate surface area is 111 Å². The number of anilines is 1. The van der Waals surface area contributed by atoms with Crippen LogP contribution in [0.15, 0.2) is 24.3 Å². The topological polar surface area (TPSA) is 66.8 Å². The van der Waals surface area contributed by atoms with Crippen LogP contribution in [-0.4, -0.2) is 29.6 Å². The Bertz CT molecular complexity index is 507. The largest absolute Gasteiger partial charge is 0.497 e. The summed E-state index contributed by atoms with van der Waals surface area (Å²) in [5.74, 6) is -1.10. The first kappa shape index (κ1) is 13.4. The Balaban J connectivity index is 2.37. The number of amides is 1. The minimum Gasteiger partial charge on any atom is -0.497 e. The standard InChI is InChI=1S/C14H17NO4/c1-14(2)11(13(17)18)8-12(16)15(14)9-4-6-10(19-3)7-5-9/h4-7,11H,8H2,1-3H3,(H,17,18). The summed E-state index contributed by atoms with van der Waals surface area (Å²) in [5.41, 5.74) is -0.0446. The van der Waals surface area contributed by atoms with E-state index in [1.807, 2.05) is 0 Å². The molecule has 0 aliphatic carbocycles. The molecule has 0 aromatic heterocycles. The summed E-state index contributed by atoms with van der Waals surface area (Å²) in [6.07, 6.45) is 0.0361. The van der Waals surface area contributed by atoms with Crippen molar-refractivity contribution in [2.45, 2.75) is 25.8 Å². The predicted molar refractivity (Wildman–Crippen MR) is 70.3 cm³/mol. The van der Waals surface area contributed by atoms with Gasteiger partial charge in [0.1, 0.15) is 5.75 Å². The van der Waals surface area contributed by atoms with Gasteiger partial charge in [0.25, 0.3) is 0 Å². The second-order valence-corrected chi connectivity index (χ2v) is 5.18. The van der Waals surface area contributed by atoms with Gasteiger partial charge in [-0.2, -0.15) is 0 Å². The third-order valence-corrected chi connectivity index (χ3v) is 3.69. The van der Waals surface area contributed by atoms with Crippen LogP contribution in [-0.2, 0) is 9.59 Å². The zero-order valence-corrected chi connectivity index (χ0v) is 11.2. The summed E-state index contributed by atoms with van der Waals surface area (Å²) in [5, 5.41) is 9.21. The molecule has 0 spiro atoms. The van der Waals surface area contributed by atoms with Crippen LogP contribution >= 0.6 is 0 Å². The zero-order chi connectivity index (χ0) is 14.2. The Hall–Kier alpha value is -2.04. The molecular formula is C14H17NO4. The van der Waals surface area contributed by atoms with Gasteiger partial charge in [0.2, 0.25) is 5.91 Å². The molecule has 1 unspecified atom stereocenters. The minimum absolute atomic E-state index is 0.0361. The molecule has 1 N–H and O–H groups in total. The number of ether oxygens (including phenoxy) is 1. The summed E-state index contributed by atoms with van der Waals surface area (Å²) in [6.45, 7) is 3.56. The molecule has 1 aromatic carbocycles. The van der Waals surface area contributed by atoms with Crippen molar-refractivity contribution >= 4 is 17.6 Å². The van der Waals surface area contributed by atoms with Crippen molar-refractivity contribution in [2.75, 3.05) is 12.0 Å². The third-order valence-electron chi connectivity index (χ3n) is 3.69. The first-order valence-electron chi connectivity index (χ1n) is 6.08. The van der Waals surface area contributed by atoms with Crippen molar-refractivity contribution in [1.82, 2.24) is 0 Å². The van der Waals surface area contributed by atoms with Gasteiger partial charge in [-0.15, -0.1) is 0 Å². The van der Waals surface area contributed by atoms with Crippen molar-refractivity contribution in [3.8, 4) is 5.75 Å². The van der Waals surface area contributed by atoms with Gasteiger partial charge in [-0.3, -0.25) is 9.59 Å². The zero-order valence-electron chi connectivity index (χ0n) is 11.2. The van der Waals surface area contributed by atoms with Crippen molar-refractivity contribution in [1.29, 1.82) is 0 Å². The molecule has 1 atom stereocenters. The first-order valence-corrected chi connectivity index (χ1v) is 6.08. The summed E-state index contributed by atoms with van der Waals surface area (Å²) < 4.78 is 5.07. The van der Waals surface area contributed by atoms with E-state index >= 15 is 0 Å². The second-order valence-electron chi connectivity index (χ2n) is 5.18. The molecule has 1 saturated heterocycles. The van der Waals surface area contributed by atoms with Crippen LogP contribution in [0.5, 0.6) is 5.75 Å². The molecule has 2 rings (SSSR count). The maximum atomic E-state index is 12.1. The number of aliphatic carboxylic acids is 1. The summed E-state index contributed by atoms with van der Waals surface area (Å²) in [4.78, 5) is 24.9. The highest BCUT2D eigenvalue weighted by molar-refractivity contribution is 6.01.